The van der Waals surface area contributed by atoms with Gasteiger partial charge in [-0.3, -0.25) is 10.1 Å². The van der Waals surface area contributed by atoms with E-state index >= 15 is 0 Å². The van der Waals surface area contributed by atoms with Gasteiger partial charge in [0.15, 0.2) is 0 Å². The van der Waals surface area contributed by atoms with Crippen LogP contribution in [0.2, 0.25) is 0 Å². The van der Waals surface area contributed by atoms with Gasteiger partial charge in [0.1, 0.15) is 17.3 Å². The largest absolute Gasteiger partial charge is 0.497 e. The Bertz CT molecular complexity index is 857. The monoisotopic (exact) mass is 299 g/mol. The molecular formula is C15H13N3O4. The van der Waals surface area contributed by atoms with E-state index in [4.69, 9.17) is 9.47 Å². The summed E-state index contributed by atoms with van der Waals surface area (Å²) in [6.45, 7) is 0. The normalized spacial score (nSPS) is 10.6. The number of imidazole rings is 1. The summed E-state index contributed by atoms with van der Waals surface area (Å²) in [5.41, 5.74) is 1.97. The second-order valence-corrected chi connectivity index (χ2v) is 4.61. The van der Waals surface area contributed by atoms with E-state index in [0.717, 1.165) is 5.56 Å². The van der Waals surface area contributed by atoms with Gasteiger partial charge in [0, 0.05) is 12.1 Å². The summed E-state index contributed by atoms with van der Waals surface area (Å²) >= 11 is 0. The molecule has 0 aliphatic rings. The van der Waals surface area contributed by atoms with Crippen LogP contribution in [0.5, 0.6) is 11.5 Å². The van der Waals surface area contributed by atoms with Crippen molar-refractivity contribution in [1.29, 1.82) is 0 Å². The van der Waals surface area contributed by atoms with Crippen LogP contribution in [-0.2, 0) is 0 Å². The van der Waals surface area contributed by atoms with Crippen LogP contribution in [0.1, 0.15) is 0 Å². The van der Waals surface area contributed by atoms with Crippen molar-refractivity contribution in [3.8, 4) is 22.9 Å². The molecule has 3 aromatic rings. The van der Waals surface area contributed by atoms with Gasteiger partial charge in [0.2, 0.25) is 0 Å². The van der Waals surface area contributed by atoms with Crippen LogP contribution in [0.3, 0.4) is 0 Å². The number of H-pyrrole nitrogens is 1. The highest BCUT2D eigenvalue weighted by Crippen LogP contribution is 2.33. The van der Waals surface area contributed by atoms with Gasteiger partial charge in [-0.05, 0) is 24.3 Å². The SMILES string of the molecule is COc1ccc(OC)c(-c2nc3ccc([N+](=O)[O-])cc3[nH]2)c1. The molecule has 22 heavy (non-hydrogen) atoms. The third-order valence-electron chi connectivity index (χ3n) is 3.34. The smallest absolute Gasteiger partial charge is 0.271 e. The fraction of sp³-hybridized carbons (Fsp3) is 0.133. The van der Waals surface area contributed by atoms with Crippen molar-refractivity contribution in [2.24, 2.45) is 0 Å². The van der Waals surface area contributed by atoms with Crippen LogP contribution in [0.25, 0.3) is 22.4 Å². The molecular weight excluding hydrogens is 286 g/mol. The third-order valence-corrected chi connectivity index (χ3v) is 3.34. The van der Waals surface area contributed by atoms with Gasteiger partial charge >= 0.3 is 0 Å². The topological polar surface area (TPSA) is 90.3 Å². The second kappa shape index (κ2) is 5.36. The summed E-state index contributed by atoms with van der Waals surface area (Å²) in [6.07, 6.45) is 0. The summed E-state index contributed by atoms with van der Waals surface area (Å²) in [5.74, 6) is 1.86. The zero-order valence-electron chi connectivity index (χ0n) is 12.0. The molecule has 0 unspecified atom stereocenters. The first kappa shape index (κ1) is 13.9. The lowest BCUT2D eigenvalue weighted by atomic mass is 10.2. The maximum Gasteiger partial charge on any atom is 0.271 e. The Kier molecular flexibility index (Phi) is 3.38. The van der Waals surface area contributed by atoms with Crippen molar-refractivity contribution in [1.82, 2.24) is 9.97 Å². The van der Waals surface area contributed by atoms with Crippen molar-refractivity contribution in [2.45, 2.75) is 0 Å². The van der Waals surface area contributed by atoms with E-state index in [1.807, 2.05) is 0 Å². The summed E-state index contributed by atoms with van der Waals surface area (Å²) in [5, 5.41) is 10.8. The minimum Gasteiger partial charge on any atom is -0.497 e. The van der Waals surface area contributed by atoms with E-state index in [1.54, 1.807) is 38.5 Å². The fourth-order valence-corrected chi connectivity index (χ4v) is 2.24. The molecule has 112 valence electrons. The highest BCUT2D eigenvalue weighted by molar-refractivity contribution is 5.82. The molecule has 0 radical (unpaired) electrons. The summed E-state index contributed by atoms with van der Waals surface area (Å²) in [7, 11) is 3.15. The third kappa shape index (κ3) is 2.32. The number of nitrogens with zero attached hydrogens (tertiary/aromatic N) is 2. The van der Waals surface area contributed by atoms with Crippen LogP contribution < -0.4 is 9.47 Å². The first-order chi connectivity index (χ1) is 10.6. The van der Waals surface area contributed by atoms with E-state index in [-0.39, 0.29) is 5.69 Å². The number of hydrogen-bond acceptors (Lipinski definition) is 5. The van der Waals surface area contributed by atoms with Crippen molar-refractivity contribution >= 4 is 16.7 Å². The van der Waals surface area contributed by atoms with Gasteiger partial charge in [-0.25, -0.2) is 4.98 Å². The van der Waals surface area contributed by atoms with Gasteiger partial charge in [-0.15, -0.1) is 0 Å². The van der Waals surface area contributed by atoms with E-state index in [9.17, 15) is 10.1 Å². The van der Waals surface area contributed by atoms with Crippen molar-refractivity contribution in [3.05, 3.63) is 46.5 Å². The number of aromatic nitrogens is 2. The number of aromatic amines is 1. The van der Waals surface area contributed by atoms with Gasteiger partial charge in [-0.2, -0.15) is 0 Å². The van der Waals surface area contributed by atoms with Gasteiger partial charge in [0.05, 0.1) is 35.7 Å². The summed E-state index contributed by atoms with van der Waals surface area (Å²) < 4.78 is 10.5. The van der Waals surface area contributed by atoms with Crippen LogP contribution in [0.4, 0.5) is 5.69 Å². The predicted molar refractivity (Wildman–Crippen MR) is 81.3 cm³/mol. The number of fused-ring (bicyclic) bond motifs is 1. The van der Waals surface area contributed by atoms with Crippen LogP contribution in [0.15, 0.2) is 36.4 Å². The maximum absolute atomic E-state index is 10.8. The highest BCUT2D eigenvalue weighted by atomic mass is 16.6. The first-order valence-corrected chi connectivity index (χ1v) is 6.49. The predicted octanol–water partition coefficient (Wildman–Crippen LogP) is 3.16. The number of benzene rings is 2. The lowest BCUT2D eigenvalue weighted by Gasteiger charge is -2.08. The minimum absolute atomic E-state index is 0.0142. The molecule has 0 amide bonds. The first-order valence-electron chi connectivity index (χ1n) is 6.49. The number of non-ortho nitro benzene ring substituents is 1. The Hall–Kier alpha value is -3.09. The Morgan fingerprint density at radius 1 is 1.14 bits per heavy atom. The molecule has 0 saturated heterocycles. The number of ether oxygens (including phenoxy) is 2. The number of nitrogens with one attached hydrogen (secondary N) is 1. The number of hydrogen-bond donors (Lipinski definition) is 1. The Labute approximate surface area is 125 Å². The molecule has 0 fully saturated rings. The quantitative estimate of drug-likeness (QED) is 0.590. The summed E-state index contributed by atoms with van der Waals surface area (Å²) in [6, 6.07) is 9.86. The standard InChI is InChI=1S/C15H13N3O4/c1-21-10-4-6-14(22-2)11(8-10)15-16-12-5-3-9(18(19)20)7-13(12)17-15/h3-8H,1-2H3,(H,16,17). The lowest BCUT2D eigenvalue weighted by molar-refractivity contribution is -0.384. The van der Waals surface area contributed by atoms with E-state index in [0.29, 0.717) is 28.4 Å². The van der Waals surface area contributed by atoms with Crippen LogP contribution in [0, 0.1) is 10.1 Å². The molecule has 0 aliphatic heterocycles. The Balaban J connectivity index is 2.15. The summed E-state index contributed by atoms with van der Waals surface area (Å²) in [4.78, 5) is 17.9. The Morgan fingerprint density at radius 2 is 1.95 bits per heavy atom. The molecule has 0 atom stereocenters. The van der Waals surface area contributed by atoms with Crippen LogP contribution in [-0.4, -0.2) is 29.1 Å². The lowest BCUT2D eigenvalue weighted by Crippen LogP contribution is -1.91. The van der Waals surface area contributed by atoms with Crippen molar-refractivity contribution in [2.75, 3.05) is 14.2 Å². The molecule has 0 saturated carbocycles. The van der Waals surface area contributed by atoms with Crippen LogP contribution >= 0.6 is 0 Å². The molecule has 3 rings (SSSR count). The molecule has 0 aliphatic carbocycles. The molecule has 1 heterocycles. The molecule has 7 heteroatoms. The van der Waals surface area contributed by atoms with Crippen molar-refractivity contribution in [3.63, 3.8) is 0 Å². The van der Waals surface area contributed by atoms with Crippen molar-refractivity contribution < 1.29 is 14.4 Å². The second-order valence-electron chi connectivity index (χ2n) is 4.61. The number of methoxy groups -OCH3 is 2. The van der Waals surface area contributed by atoms with Gasteiger partial charge < -0.3 is 14.5 Å². The number of rotatable bonds is 4. The molecule has 0 bridgehead atoms. The van der Waals surface area contributed by atoms with Gasteiger partial charge in [0.25, 0.3) is 5.69 Å². The van der Waals surface area contributed by atoms with E-state index < -0.39 is 4.92 Å². The number of nitro groups is 1. The minimum atomic E-state index is -0.438. The van der Waals surface area contributed by atoms with Gasteiger partial charge in [-0.1, -0.05) is 0 Å². The van der Waals surface area contributed by atoms with E-state index in [2.05, 4.69) is 9.97 Å². The molecule has 7 nitrogen and oxygen atoms in total. The zero-order chi connectivity index (χ0) is 15.7. The Morgan fingerprint density at radius 3 is 2.64 bits per heavy atom. The molecule has 2 aromatic carbocycles. The highest BCUT2D eigenvalue weighted by Gasteiger charge is 2.14. The fourth-order valence-electron chi connectivity index (χ4n) is 2.24. The molecule has 0 spiro atoms. The average molecular weight is 299 g/mol. The average Bonchev–Trinajstić information content (AvgIpc) is 2.96. The molecule has 1 aromatic heterocycles. The maximum atomic E-state index is 10.8. The molecule has 1 N–H and O–H groups in total. The van der Waals surface area contributed by atoms with E-state index in [1.165, 1.54) is 12.1 Å². The number of nitro benzene ring substituents is 1. The zero-order valence-corrected chi connectivity index (χ0v) is 12.0.